The van der Waals surface area contributed by atoms with Gasteiger partial charge in [0.25, 0.3) is 0 Å². The summed E-state index contributed by atoms with van der Waals surface area (Å²) in [4.78, 5) is 37.0. The number of carbonyl (C=O) groups is 3. The Morgan fingerprint density at radius 3 is 2.50 bits per heavy atom. The lowest BCUT2D eigenvalue weighted by molar-refractivity contribution is -0.148. The second-order valence-electron chi connectivity index (χ2n) is 7.80. The lowest BCUT2D eigenvalue weighted by Gasteiger charge is -2.31. The summed E-state index contributed by atoms with van der Waals surface area (Å²) in [6, 6.07) is -1.07. The van der Waals surface area contributed by atoms with Crippen LogP contribution in [0.1, 0.15) is 65.7 Å². The highest BCUT2D eigenvalue weighted by molar-refractivity contribution is 5.91. The van der Waals surface area contributed by atoms with Crippen LogP contribution in [-0.2, 0) is 19.1 Å². The molecule has 2 saturated carbocycles. The zero-order chi connectivity index (χ0) is 19.3. The van der Waals surface area contributed by atoms with Crippen LogP contribution in [0, 0.1) is 23.7 Å². The Hall–Kier alpha value is -1.43. The van der Waals surface area contributed by atoms with E-state index in [1.807, 2.05) is 6.92 Å². The average molecular weight is 367 g/mol. The van der Waals surface area contributed by atoms with Crippen LogP contribution in [0.25, 0.3) is 0 Å². The van der Waals surface area contributed by atoms with Crippen molar-refractivity contribution in [2.24, 2.45) is 23.7 Å². The van der Waals surface area contributed by atoms with Crippen molar-refractivity contribution in [3.63, 3.8) is 0 Å². The monoisotopic (exact) mass is 367 g/mol. The molecule has 0 heterocycles. The summed E-state index contributed by atoms with van der Waals surface area (Å²) >= 11 is 0. The van der Waals surface area contributed by atoms with Crippen LogP contribution in [0.5, 0.6) is 0 Å². The summed E-state index contributed by atoms with van der Waals surface area (Å²) in [6.07, 6.45) is 6.16. The minimum Gasteiger partial charge on any atom is -0.481 e. The molecule has 2 rings (SSSR count). The molecule has 2 fully saturated rings. The summed E-state index contributed by atoms with van der Waals surface area (Å²) in [6.45, 7) is 5.79. The van der Waals surface area contributed by atoms with Gasteiger partial charge in [0.1, 0.15) is 6.04 Å². The molecule has 0 amide bonds. The summed E-state index contributed by atoms with van der Waals surface area (Å²) in [5, 5.41) is 12.8. The highest BCUT2D eigenvalue weighted by Gasteiger charge is 2.51. The Morgan fingerprint density at radius 2 is 1.88 bits per heavy atom. The fraction of sp³-hybridized carbons (Fsp3) is 0.850. The molecule has 0 aromatic carbocycles. The van der Waals surface area contributed by atoms with E-state index in [0.717, 1.165) is 32.1 Å². The van der Waals surface area contributed by atoms with Crippen molar-refractivity contribution in [1.82, 2.24) is 5.32 Å². The number of carboxylic acid groups (broad SMARTS) is 1. The number of carbonyl (C=O) groups excluding carboxylic acids is 2. The fourth-order valence-corrected chi connectivity index (χ4v) is 4.91. The zero-order valence-corrected chi connectivity index (χ0v) is 16.2. The van der Waals surface area contributed by atoms with Crippen molar-refractivity contribution in [3.05, 3.63) is 0 Å². The van der Waals surface area contributed by atoms with Gasteiger partial charge in [-0.3, -0.25) is 19.7 Å². The van der Waals surface area contributed by atoms with Crippen LogP contribution in [0.2, 0.25) is 0 Å². The first-order valence-corrected chi connectivity index (χ1v) is 10.1. The molecule has 0 bridgehead atoms. The van der Waals surface area contributed by atoms with E-state index in [2.05, 4.69) is 5.32 Å². The fourth-order valence-electron chi connectivity index (χ4n) is 4.91. The maximum atomic E-state index is 13.2. The van der Waals surface area contributed by atoms with Gasteiger partial charge in [0.15, 0.2) is 5.78 Å². The molecule has 2 N–H and O–H groups in total. The predicted molar refractivity (Wildman–Crippen MR) is 97.6 cm³/mol. The van der Waals surface area contributed by atoms with Crippen molar-refractivity contribution >= 4 is 17.7 Å². The normalized spacial score (nSPS) is 30.3. The number of ketones is 1. The van der Waals surface area contributed by atoms with Crippen molar-refractivity contribution in [2.75, 3.05) is 6.61 Å². The quantitative estimate of drug-likeness (QED) is 0.609. The van der Waals surface area contributed by atoms with Gasteiger partial charge >= 0.3 is 11.9 Å². The summed E-state index contributed by atoms with van der Waals surface area (Å²) in [5.74, 6) is -1.77. The van der Waals surface area contributed by atoms with Gasteiger partial charge in [0.05, 0.1) is 18.6 Å². The van der Waals surface area contributed by atoms with Gasteiger partial charge in [0.2, 0.25) is 0 Å². The van der Waals surface area contributed by atoms with E-state index in [1.165, 1.54) is 0 Å². The minimum absolute atomic E-state index is 0.0581. The van der Waals surface area contributed by atoms with Gasteiger partial charge in [-0.25, -0.2) is 0 Å². The molecule has 2 unspecified atom stereocenters. The number of esters is 1. The summed E-state index contributed by atoms with van der Waals surface area (Å²) < 4.78 is 5.10. The number of aliphatic carboxylic acids is 1. The van der Waals surface area contributed by atoms with E-state index in [9.17, 15) is 19.5 Å². The van der Waals surface area contributed by atoms with Crippen molar-refractivity contribution < 1.29 is 24.2 Å². The molecule has 6 nitrogen and oxygen atoms in total. The van der Waals surface area contributed by atoms with Gasteiger partial charge < -0.3 is 9.84 Å². The smallest absolute Gasteiger partial charge is 0.323 e. The molecule has 26 heavy (non-hydrogen) atoms. The second kappa shape index (κ2) is 9.49. The molecule has 2 aliphatic rings. The number of ether oxygens (including phenoxy) is 1. The molecule has 148 valence electrons. The van der Waals surface area contributed by atoms with Crippen LogP contribution in [0.3, 0.4) is 0 Å². The highest BCUT2D eigenvalue weighted by Crippen LogP contribution is 2.49. The third kappa shape index (κ3) is 4.64. The van der Waals surface area contributed by atoms with E-state index >= 15 is 0 Å². The number of Topliss-reactive ketones (excluding diaryl/α,β-unsaturated/α-hetero) is 1. The van der Waals surface area contributed by atoms with Crippen molar-refractivity contribution in [3.8, 4) is 0 Å². The highest BCUT2D eigenvalue weighted by atomic mass is 16.5. The molecular weight excluding hydrogens is 334 g/mol. The van der Waals surface area contributed by atoms with Crippen LogP contribution >= 0.6 is 0 Å². The zero-order valence-electron chi connectivity index (χ0n) is 16.2. The lowest BCUT2D eigenvalue weighted by Crippen LogP contribution is -2.49. The molecule has 0 spiro atoms. The van der Waals surface area contributed by atoms with Crippen molar-refractivity contribution in [1.29, 1.82) is 0 Å². The third-order valence-corrected chi connectivity index (χ3v) is 6.09. The van der Waals surface area contributed by atoms with E-state index < -0.39 is 29.9 Å². The summed E-state index contributed by atoms with van der Waals surface area (Å²) in [5.41, 5.74) is 0. The maximum absolute atomic E-state index is 13.2. The number of rotatable bonds is 9. The standard InChI is InChI=1S/C20H33NO5/c1-4-8-16(20(25)26-5-2)21-12(3)18(22)17-14-10-7-6-9-13(14)11-15(17)19(23)24/h12-17,21H,4-11H2,1-3H3,(H,23,24)/t12-,13-,14-,15+,16?,17?/m0/s1. The Balaban J connectivity index is 2.10. The third-order valence-electron chi connectivity index (χ3n) is 6.09. The topological polar surface area (TPSA) is 92.7 Å². The maximum Gasteiger partial charge on any atom is 0.323 e. The van der Waals surface area contributed by atoms with E-state index in [-0.39, 0.29) is 17.7 Å². The Kier molecular flexibility index (Phi) is 7.62. The molecule has 0 aromatic rings. The Bertz CT molecular complexity index is 520. The Labute approximate surface area is 156 Å². The van der Waals surface area contributed by atoms with Crippen LogP contribution in [0.4, 0.5) is 0 Å². The molecule has 0 aliphatic heterocycles. The SMILES string of the molecule is CCCC(N[C@@H](C)C(=O)C1[C@H]2CCCC[C@H]2C[C@H]1C(=O)O)C(=O)OCC. The molecule has 6 heteroatoms. The van der Waals surface area contributed by atoms with E-state index in [4.69, 9.17) is 4.74 Å². The first-order chi connectivity index (χ1) is 12.4. The summed E-state index contributed by atoms with van der Waals surface area (Å²) in [7, 11) is 0. The molecule has 2 aliphatic carbocycles. The predicted octanol–water partition coefficient (Wildman–Crippen LogP) is 2.79. The largest absolute Gasteiger partial charge is 0.481 e. The Morgan fingerprint density at radius 1 is 1.19 bits per heavy atom. The van der Waals surface area contributed by atoms with Gasteiger partial charge in [-0.2, -0.15) is 0 Å². The number of hydrogen-bond donors (Lipinski definition) is 2. The van der Waals surface area contributed by atoms with Gasteiger partial charge in [-0.15, -0.1) is 0 Å². The van der Waals surface area contributed by atoms with Crippen LogP contribution in [-0.4, -0.2) is 41.5 Å². The number of hydrogen-bond acceptors (Lipinski definition) is 5. The molecule has 0 radical (unpaired) electrons. The van der Waals surface area contributed by atoms with Crippen molar-refractivity contribution in [2.45, 2.75) is 77.8 Å². The number of fused-ring (bicyclic) bond motifs is 1. The number of nitrogens with one attached hydrogen (secondary N) is 1. The first-order valence-electron chi connectivity index (χ1n) is 10.1. The van der Waals surface area contributed by atoms with Gasteiger partial charge in [0, 0.05) is 5.92 Å². The first kappa shape index (κ1) is 20.9. The molecular formula is C20H33NO5. The van der Waals surface area contributed by atoms with E-state index in [0.29, 0.717) is 25.4 Å². The van der Waals surface area contributed by atoms with Crippen LogP contribution in [0.15, 0.2) is 0 Å². The molecule has 6 atom stereocenters. The molecule has 0 saturated heterocycles. The van der Waals surface area contributed by atoms with E-state index in [1.54, 1.807) is 13.8 Å². The molecule has 0 aromatic heterocycles. The average Bonchev–Trinajstić information content (AvgIpc) is 3.00. The van der Waals surface area contributed by atoms with Gasteiger partial charge in [-0.1, -0.05) is 32.6 Å². The second-order valence-corrected chi connectivity index (χ2v) is 7.80. The lowest BCUT2D eigenvalue weighted by atomic mass is 9.75. The number of carboxylic acids is 1. The van der Waals surface area contributed by atoms with Gasteiger partial charge in [-0.05, 0) is 44.9 Å². The van der Waals surface area contributed by atoms with Crippen LogP contribution < -0.4 is 5.32 Å². The minimum atomic E-state index is -0.861.